The number of aryl methyl sites for hydroxylation is 6. The first kappa shape index (κ1) is 35.9. The van der Waals surface area contributed by atoms with Crippen LogP contribution in [-0.2, 0) is 0 Å². The third-order valence-corrected chi connectivity index (χ3v) is 20.1. The van der Waals surface area contributed by atoms with Gasteiger partial charge in [0.05, 0.1) is 14.1 Å². The molecule has 278 valence electrons. The largest absolute Gasteiger partial charge is 0.134 e. The second kappa shape index (κ2) is 13.7. The summed E-state index contributed by atoms with van der Waals surface area (Å²) in [6, 6.07) is 41.4. The third-order valence-electron chi connectivity index (χ3n) is 11.3. The van der Waals surface area contributed by atoms with Crippen molar-refractivity contribution in [2.75, 3.05) is 0 Å². The Hall–Kier alpha value is -4.18. The van der Waals surface area contributed by atoms with Crippen LogP contribution in [0.5, 0.6) is 0 Å². The average molecular weight is 861 g/mol. The summed E-state index contributed by atoms with van der Waals surface area (Å²) in [5.74, 6) is 0. The van der Waals surface area contributed by atoms with Crippen LogP contribution in [0, 0.1) is 41.5 Å². The molecule has 0 aliphatic heterocycles. The van der Waals surface area contributed by atoms with Gasteiger partial charge in [-0.2, -0.15) is 0 Å². The Labute approximate surface area is 360 Å². The molecule has 0 bridgehead atoms. The summed E-state index contributed by atoms with van der Waals surface area (Å²) < 4.78 is 7.08. The lowest BCUT2D eigenvalue weighted by atomic mass is 10.0. The molecule has 0 aliphatic rings. The van der Waals surface area contributed by atoms with Crippen molar-refractivity contribution in [1.82, 2.24) is 0 Å². The lowest BCUT2D eigenvalue weighted by molar-refractivity contribution is 1.39. The van der Waals surface area contributed by atoms with Gasteiger partial charge in [-0.25, -0.2) is 0 Å². The van der Waals surface area contributed by atoms with Crippen molar-refractivity contribution in [3.63, 3.8) is 0 Å². The van der Waals surface area contributed by atoms with Crippen LogP contribution < -0.4 is 0 Å². The van der Waals surface area contributed by atoms with Gasteiger partial charge in [-0.1, -0.05) is 54.6 Å². The van der Waals surface area contributed by atoms with Crippen molar-refractivity contribution in [2.45, 2.75) is 41.5 Å². The molecule has 0 saturated heterocycles. The van der Waals surface area contributed by atoms with E-state index in [1.54, 1.807) is 0 Å². The molecule has 0 N–H and O–H groups in total. The summed E-state index contributed by atoms with van der Waals surface area (Å²) in [4.78, 5) is 12.2. The molecule has 57 heavy (non-hydrogen) atoms. The molecular formula is C50H36S7. The van der Waals surface area contributed by atoms with E-state index in [1.165, 1.54) is 134 Å². The molecule has 4 aromatic carbocycles. The average Bonchev–Trinajstić information content (AvgIpc) is 4.02. The Morgan fingerprint density at radius 2 is 0.632 bits per heavy atom. The first-order valence-corrected chi connectivity index (χ1v) is 24.8. The number of fused-ring (bicyclic) bond motifs is 8. The highest BCUT2D eigenvalue weighted by molar-refractivity contribution is 7.38. The first-order valence-electron chi connectivity index (χ1n) is 19.1. The van der Waals surface area contributed by atoms with E-state index in [2.05, 4.69) is 151 Å². The standard InChI is InChI=1S/C50H36S7/c1-25-10-7-11-26(2)43(25)36-19-16-33(51-36)39-22-31-46-47(57-42-24-41(56-50(42)46)35-18-21-38(53-35)45-29(5)14-9-15-30(45)6)32-23-40(55-49(32)48(31)54-39)34-17-20-37(52-34)44-27(3)12-8-13-28(44)4/h7-24H,1-6H3. The van der Waals surface area contributed by atoms with Crippen molar-refractivity contribution in [2.24, 2.45) is 0 Å². The zero-order valence-corrected chi connectivity index (χ0v) is 38.0. The summed E-state index contributed by atoms with van der Waals surface area (Å²) in [7, 11) is 0. The van der Waals surface area contributed by atoms with Crippen molar-refractivity contribution in [3.05, 3.63) is 143 Å². The van der Waals surface area contributed by atoms with Gasteiger partial charge in [0.25, 0.3) is 0 Å². The number of hydrogen-bond acceptors (Lipinski definition) is 7. The Morgan fingerprint density at radius 1 is 0.281 bits per heavy atom. The van der Waals surface area contributed by atoms with Crippen LogP contribution in [0.1, 0.15) is 33.4 Å². The maximum Gasteiger partial charge on any atom is 0.0543 e. The Kier molecular flexibility index (Phi) is 8.64. The molecule has 0 radical (unpaired) electrons. The highest BCUT2D eigenvalue weighted by atomic mass is 32.1. The monoisotopic (exact) mass is 860 g/mol. The highest BCUT2D eigenvalue weighted by Gasteiger charge is 2.23. The molecule has 0 spiro atoms. The molecule has 0 atom stereocenters. The quantitative estimate of drug-likeness (QED) is 0.156. The lowest BCUT2D eigenvalue weighted by Gasteiger charge is -2.06. The number of hydrogen-bond donors (Lipinski definition) is 0. The molecular weight excluding hydrogens is 825 g/mol. The summed E-state index contributed by atoms with van der Waals surface area (Å²) in [6.45, 7) is 13.4. The Morgan fingerprint density at radius 3 is 1.07 bits per heavy atom. The molecule has 0 unspecified atom stereocenters. The van der Waals surface area contributed by atoms with Crippen molar-refractivity contribution in [1.29, 1.82) is 0 Å². The maximum absolute atomic E-state index is 2.52. The normalized spacial score (nSPS) is 12.0. The van der Waals surface area contributed by atoms with Crippen LogP contribution in [0.15, 0.2) is 109 Å². The topological polar surface area (TPSA) is 0 Å². The van der Waals surface area contributed by atoms with E-state index in [4.69, 9.17) is 0 Å². The third kappa shape index (κ3) is 5.81. The van der Waals surface area contributed by atoms with E-state index in [1.807, 2.05) is 79.4 Å². The second-order valence-electron chi connectivity index (χ2n) is 15.1. The summed E-state index contributed by atoms with van der Waals surface area (Å²) in [6.07, 6.45) is 0. The summed E-state index contributed by atoms with van der Waals surface area (Å²) >= 11 is 13.7. The van der Waals surface area contributed by atoms with Gasteiger partial charge in [-0.3, -0.25) is 0 Å². The zero-order chi connectivity index (χ0) is 38.7. The van der Waals surface area contributed by atoms with E-state index in [0.717, 1.165) is 0 Å². The van der Waals surface area contributed by atoms with Gasteiger partial charge in [-0.15, -0.1) is 79.4 Å². The summed E-state index contributed by atoms with van der Waals surface area (Å²) in [5.41, 5.74) is 12.2. The fraction of sp³-hybridized carbons (Fsp3) is 0.120. The Bertz CT molecular complexity index is 3310. The fourth-order valence-corrected chi connectivity index (χ4v) is 17.6. The number of rotatable bonds is 6. The van der Waals surface area contributed by atoms with Crippen LogP contribution in [0.3, 0.4) is 0 Å². The van der Waals surface area contributed by atoms with Crippen LogP contribution in [-0.4, -0.2) is 0 Å². The van der Waals surface area contributed by atoms with Gasteiger partial charge in [0.2, 0.25) is 0 Å². The minimum absolute atomic E-state index is 1.34. The molecule has 7 aromatic heterocycles. The second-order valence-corrected chi connectivity index (χ2v) is 22.6. The van der Waals surface area contributed by atoms with Gasteiger partial charge in [0.15, 0.2) is 0 Å². The molecule has 7 heterocycles. The van der Waals surface area contributed by atoms with Gasteiger partial charge >= 0.3 is 0 Å². The first-order chi connectivity index (χ1) is 27.7. The maximum atomic E-state index is 2.52. The number of thiophene rings is 7. The molecule has 0 nitrogen and oxygen atoms in total. The van der Waals surface area contributed by atoms with E-state index < -0.39 is 0 Å². The number of benzene rings is 4. The van der Waals surface area contributed by atoms with Gasteiger partial charge < -0.3 is 0 Å². The summed E-state index contributed by atoms with van der Waals surface area (Å²) in [5, 5.41) is 4.23. The van der Waals surface area contributed by atoms with E-state index >= 15 is 0 Å². The van der Waals surface area contributed by atoms with E-state index in [-0.39, 0.29) is 0 Å². The predicted molar refractivity (Wildman–Crippen MR) is 263 cm³/mol. The highest BCUT2D eigenvalue weighted by Crippen LogP contribution is 2.55. The smallest absolute Gasteiger partial charge is 0.0543 e. The van der Waals surface area contributed by atoms with Crippen LogP contribution in [0.25, 0.3) is 100 Å². The van der Waals surface area contributed by atoms with Crippen molar-refractivity contribution >= 4 is 119 Å². The predicted octanol–water partition coefficient (Wildman–Crippen LogP) is 18.6. The molecule has 0 fully saturated rings. The minimum Gasteiger partial charge on any atom is -0.134 e. The minimum atomic E-state index is 1.34. The van der Waals surface area contributed by atoms with E-state index in [9.17, 15) is 0 Å². The van der Waals surface area contributed by atoms with Gasteiger partial charge in [0.1, 0.15) is 0 Å². The van der Waals surface area contributed by atoms with Crippen molar-refractivity contribution in [3.8, 4) is 60.6 Å². The van der Waals surface area contributed by atoms with Crippen LogP contribution >= 0.6 is 79.4 Å². The van der Waals surface area contributed by atoms with Crippen molar-refractivity contribution < 1.29 is 0 Å². The van der Waals surface area contributed by atoms with Gasteiger partial charge in [0, 0.05) is 69.5 Å². The molecule has 0 aliphatic carbocycles. The Balaban J connectivity index is 1.10. The molecule has 11 aromatic rings. The molecule has 7 heteroatoms. The SMILES string of the molecule is Cc1cccc(C)c1-c1ccc(-c2cc3c(s2)c2sc(-c4ccc(-c5c(C)cccc5C)s4)cc2c2c4sc(-c5ccc(-c6c(C)cccc6C)s5)cc4sc32)s1. The van der Waals surface area contributed by atoms with Crippen LogP contribution in [0.4, 0.5) is 0 Å². The van der Waals surface area contributed by atoms with Crippen LogP contribution in [0.2, 0.25) is 0 Å². The molecule has 0 saturated carbocycles. The lowest BCUT2D eigenvalue weighted by Crippen LogP contribution is -1.84. The zero-order valence-electron chi connectivity index (χ0n) is 32.3. The van der Waals surface area contributed by atoms with Gasteiger partial charge in [-0.05, 0) is 146 Å². The van der Waals surface area contributed by atoms with E-state index in [0.29, 0.717) is 0 Å². The fourth-order valence-electron chi connectivity index (χ4n) is 8.58. The molecule has 0 amide bonds. The molecule has 11 rings (SSSR count).